The van der Waals surface area contributed by atoms with Gasteiger partial charge in [-0.3, -0.25) is 0 Å². The van der Waals surface area contributed by atoms with Gasteiger partial charge in [-0.2, -0.15) is 5.26 Å². The molecule has 16 rings (SSSR count). The molecule has 0 unspecified atom stereocenters. The lowest BCUT2D eigenvalue weighted by Crippen LogP contribution is -2.30. The maximum atomic E-state index is 9.65. The van der Waals surface area contributed by atoms with Crippen molar-refractivity contribution in [3.05, 3.63) is 279 Å². The van der Waals surface area contributed by atoms with Gasteiger partial charge < -0.3 is 17.7 Å². The second kappa shape index (κ2) is 25.2. The van der Waals surface area contributed by atoms with E-state index in [1.165, 1.54) is 16.7 Å². The van der Waals surface area contributed by atoms with Gasteiger partial charge in [0.2, 0.25) is 28.5 Å². The average molecular weight is 1250 g/mol. The third-order valence-corrected chi connectivity index (χ3v) is 18.5. The molecule has 12 nitrogen and oxygen atoms in total. The monoisotopic (exact) mass is 1250 g/mol. The molecule has 16 aromatic rings. The zero-order valence-corrected chi connectivity index (χ0v) is 55.7. The van der Waals surface area contributed by atoms with Crippen LogP contribution in [0.25, 0.3) is 147 Å². The molecule has 8 aromatic heterocycles. The van der Waals surface area contributed by atoms with Crippen LogP contribution < -0.4 is 18.3 Å². The van der Waals surface area contributed by atoms with E-state index in [1.807, 2.05) is 177 Å². The van der Waals surface area contributed by atoms with E-state index in [2.05, 4.69) is 140 Å². The Morgan fingerprint density at radius 1 is 0.344 bits per heavy atom. The molecule has 8 aromatic carbocycles. The molecule has 464 valence electrons. The minimum Gasteiger partial charge on any atom is -0.467 e. The van der Waals surface area contributed by atoms with Gasteiger partial charge in [-0.1, -0.05) is 60.7 Å². The fraction of sp³-hybridized carbons (Fsp3) is 0.143. The molecule has 0 aliphatic heterocycles. The van der Waals surface area contributed by atoms with E-state index in [9.17, 15) is 5.26 Å². The molecule has 0 aliphatic carbocycles. The molecule has 0 aliphatic rings. The van der Waals surface area contributed by atoms with Crippen molar-refractivity contribution in [2.24, 2.45) is 28.2 Å². The third-order valence-electron chi connectivity index (χ3n) is 18.5. The summed E-state index contributed by atoms with van der Waals surface area (Å²) in [6, 6.07) is 59.0. The van der Waals surface area contributed by atoms with Crippen LogP contribution in [-0.4, -0.2) is 0 Å². The molecule has 0 radical (unpaired) electrons. The van der Waals surface area contributed by atoms with Gasteiger partial charge in [0.05, 0.1) is 53.6 Å². The summed E-state index contributed by atoms with van der Waals surface area (Å²) >= 11 is 0. The maximum absolute atomic E-state index is 9.65. The summed E-state index contributed by atoms with van der Waals surface area (Å²) in [5.74, 6) is 0. The van der Waals surface area contributed by atoms with Crippen LogP contribution in [0.2, 0.25) is 0 Å². The van der Waals surface area contributed by atoms with E-state index in [-0.39, 0.29) is 0 Å². The van der Waals surface area contributed by atoms with E-state index in [1.54, 1.807) is 0 Å². The second-order valence-corrected chi connectivity index (χ2v) is 24.7. The van der Waals surface area contributed by atoms with Gasteiger partial charge in [-0.05, 0) is 161 Å². The van der Waals surface area contributed by atoms with Gasteiger partial charge in [0.25, 0.3) is 0 Å². The van der Waals surface area contributed by atoms with Crippen LogP contribution in [0, 0.1) is 86.4 Å². The third kappa shape index (κ3) is 10.8. The van der Waals surface area contributed by atoms with Crippen molar-refractivity contribution in [2.45, 2.75) is 55.4 Å². The molecule has 8 heterocycles. The number of aryl methyl sites for hydroxylation is 12. The number of aromatic nitrogens is 4. The van der Waals surface area contributed by atoms with E-state index in [0.29, 0.717) is 28.2 Å². The van der Waals surface area contributed by atoms with E-state index in [4.69, 9.17) is 37.4 Å². The highest BCUT2D eigenvalue weighted by molar-refractivity contribution is 6.16. The summed E-state index contributed by atoms with van der Waals surface area (Å²) in [4.78, 5) is 10.8. The Kier molecular flexibility index (Phi) is 16.4. The molecular weight excluding hydrogens is 1180 g/mol. The highest BCUT2D eigenvalue weighted by atomic mass is 16.3. The van der Waals surface area contributed by atoms with Crippen LogP contribution in [-0.2, 0) is 28.2 Å². The van der Waals surface area contributed by atoms with E-state index in [0.717, 1.165) is 155 Å². The average Bonchev–Trinajstić information content (AvgIpc) is 1.60. The molecular formula is C84H68N8O4+4. The Hall–Kier alpha value is -12.5. The van der Waals surface area contributed by atoms with Crippen LogP contribution in [0.15, 0.2) is 212 Å². The van der Waals surface area contributed by atoms with Crippen LogP contribution in [0.1, 0.15) is 50.1 Å². The number of furan rings is 4. The van der Waals surface area contributed by atoms with Crippen molar-refractivity contribution in [1.29, 1.82) is 5.26 Å². The number of hydrogen-bond donors (Lipinski definition) is 0. The Balaban J connectivity index is 0.000000116. The normalized spacial score (nSPS) is 11.1. The minimum absolute atomic E-state index is 0.566. The second-order valence-electron chi connectivity index (χ2n) is 24.7. The Morgan fingerprint density at radius 2 is 0.844 bits per heavy atom. The van der Waals surface area contributed by atoms with Crippen molar-refractivity contribution in [3.63, 3.8) is 0 Å². The summed E-state index contributed by atoms with van der Waals surface area (Å²) in [6.07, 6.45) is 8.14. The lowest BCUT2D eigenvalue weighted by molar-refractivity contribution is -0.660. The standard InChI is InChI=1S/4C21H17N2O/c1-13-8-9-15-20-14(2)16(22-3)10-11-18(20)24-21(15)19(13)17-7-5-6-12-23(17)4;1-13-8-9-17(22-3)21-20(13)16-11-14(2)15(12-19(16)24-21)18-7-5-6-10-23(18)4;1-13-8-9-16-19-14(2)11-15(22-3)12-18(19)24-21(16)20(13)17-7-5-6-10-23(17)4;1-13-7-6-9-17-19(13)20-15(12-22)11-14(2)18(21(20)24-17)16-8-4-5-10-23(16)3/h3*5-12H,1-2,4H3;4-11H,1-3H3/q4*+1. The molecule has 0 saturated carbocycles. The summed E-state index contributed by atoms with van der Waals surface area (Å²) < 4.78 is 33.2. The number of rotatable bonds is 4. The Morgan fingerprint density at radius 3 is 1.41 bits per heavy atom. The van der Waals surface area contributed by atoms with Gasteiger partial charge in [0.15, 0.2) is 41.7 Å². The molecule has 0 saturated heterocycles. The van der Waals surface area contributed by atoms with Crippen LogP contribution >= 0.6 is 0 Å². The lowest BCUT2D eigenvalue weighted by atomic mass is 9.95. The molecule has 0 spiro atoms. The number of nitriles is 1. The smallest absolute Gasteiger partial charge is 0.229 e. The first-order chi connectivity index (χ1) is 46.4. The van der Waals surface area contributed by atoms with Gasteiger partial charge >= 0.3 is 0 Å². The maximum Gasteiger partial charge on any atom is 0.229 e. The van der Waals surface area contributed by atoms with E-state index >= 15 is 0 Å². The highest BCUT2D eigenvalue weighted by Crippen LogP contribution is 2.45. The summed E-state index contributed by atoms with van der Waals surface area (Å²) in [7, 11) is 8.14. The molecule has 0 amide bonds. The predicted octanol–water partition coefficient (Wildman–Crippen LogP) is 20.3. The first kappa shape index (κ1) is 62.3. The zero-order chi connectivity index (χ0) is 67.4. The lowest BCUT2D eigenvalue weighted by Gasteiger charge is -2.06. The number of hydrogen-bond acceptors (Lipinski definition) is 5. The van der Waals surface area contributed by atoms with Gasteiger partial charge in [-0.25, -0.2) is 32.8 Å². The number of benzene rings is 8. The minimum atomic E-state index is 0.566. The molecule has 0 fully saturated rings. The van der Waals surface area contributed by atoms with Crippen LogP contribution in [0.4, 0.5) is 17.1 Å². The number of pyridine rings is 4. The first-order valence-corrected chi connectivity index (χ1v) is 31.6. The van der Waals surface area contributed by atoms with Crippen molar-refractivity contribution >= 4 is 105 Å². The summed E-state index contributed by atoms with van der Waals surface area (Å²) in [5, 5.41) is 18.0. The predicted molar refractivity (Wildman–Crippen MR) is 383 cm³/mol. The highest BCUT2D eigenvalue weighted by Gasteiger charge is 2.26. The van der Waals surface area contributed by atoms with Gasteiger partial charge in [0, 0.05) is 91.6 Å². The first-order valence-electron chi connectivity index (χ1n) is 31.6. The molecule has 0 N–H and O–H groups in total. The van der Waals surface area contributed by atoms with Crippen LogP contribution in [0.3, 0.4) is 0 Å². The zero-order valence-electron chi connectivity index (χ0n) is 55.7. The molecule has 0 atom stereocenters. The van der Waals surface area contributed by atoms with Crippen molar-refractivity contribution in [3.8, 4) is 51.1 Å². The fourth-order valence-corrected chi connectivity index (χ4v) is 13.7. The summed E-state index contributed by atoms with van der Waals surface area (Å²) in [6.45, 7) is 38.5. The van der Waals surface area contributed by atoms with Crippen molar-refractivity contribution in [2.75, 3.05) is 0 Å². The van der Waals surface area contributed by atoms with Crippen LogP contribution in [0.5, 0.6) is 0 Å². The Bertz CT molecular complexity index is 6010. The van der Waals surface area contributed by atoms with E-state index < -0.39 is 0 Å². The van der Waals surface area contributed by atoms with Gasteiger partial charge in [0.1, 0.15) is 67.3 Å². The fourth-order valence-electron chi connectivity index (χ4n) is 13.7. The number of nitrogens with zero attached hydrogens (tertiary/aromatic N) is 8. The number of fused-ring (bicyclic) bond motifs is 12. The molecule has 96 heavy (non-hydrogen) atoms. The largest absolute Gasteiger partial charge is 0.467 e. The van der Waals surface area contributed by atoms with Crippen molar-refractivity contribution in [1.82, 2.24) is 0 Å². The molecule has 12 heteroatoms. The summed E-state index contributed by atoms with van der Waals surface area (Å²) in [5.41, 5.74) is 26.8. The quantitative estimate of drug-likeness (QED) is 0.129. The van der Waals surface area contributed by atoms with Gasteiger partial charge in [-0.15, -0.1) is 0 Å². The molecule has 0 bridgehead atoms. The van der Waals surface area contributed by atoms with Crippen molar-refractivity contribution < 1.29 is 35.9 Å². The SMILES string of the molecule is Cc1cc(C#N)c2c(oc3cccc(C)c32)c1-c1cccc[n+]1C.[C-]#[N+]c1cc(C)c2c(c1)oc1c(-c3cccc[n+]3C)c(C)ccc12.[C-]#[N+]c1ccc(C)c2c1oc1cc(-c3cccc[n+]3C)c(C)cc12.[C-]#[N+]c1ccc2oc3c(-c4cccc[n+]4C)c(C)ccc3c2c1C. The Labute approximate surface area is 556 Å². The topological polar surface area (TPSA) is 105 Å².